The van der Waals surface area contributed by atoms with E-state index in [-0.39, 0.29) is 29.5 Å². The molecule has 0 bridgehead atoms. The summed E-state index contributed by atoms with van der Waals surface area (Å²) in [6, 6.07) is 13.7. The molecule has 2 aromatic rings. The summed E-state index contributed by atoms with van der Waals surface area (Å²) >= 11 is 0. The Balaban J connectivity index is 1.45. The molecule has 0 saturated carbocycles. The Bertz CT molecular complexity index is 969. The third-order valence-corrected chi connectivity index (χ3v) is 6.30. The summed E-state index contributed by atoms with van der Waals surface area (Å²) in [6.45, 7) is 2.90. The molecule has 174 valence electrons. The highest BCUT2D eigenvalue weighted by molar-refractivity contribution is 5.97. The number of hydrogen-bond donors (Lipinski definition) is 1. The number of benzene rings is 2. The standard InChI is InChI=1S/C25H28FN3O4/c26-21-8-6-20(7-9-21)24(31)28-12-10-18(11-13-28)22(25(32)29-14-16-33-17-15-29)27-23(30)19-4-2-1-3-5-19/h1-9,18,22H,10-17H2,(H,27,30)/t22-/m0/s1. The zero-order valence-corrected chi connectivity index (χ0v) is 18.4. The first-order chi connectivity index (χ1) is 16.0. The summed E-state index contributed by atoms with van der Waals surface area (Å²) in [5.74, 6) is -1.02. The minimum atomic E-state index is -0.668. The topological polar surface area (TPSA) is 79.0 Å². The van der Waals surface area contributed by atoms with E-state index < -0.39 is 6.04 Å². The van der Waals surface area contributed by atoms with Gasteiger partial charge in [-0.3, -0.25) is 14.4 Å². The predicted molar refractivity (Wildman–Crippen MR) is 120 cm³/mol. The van der Waals surface area contributed by atoms with E-state index in [0.29, 0.717) is 63.4 Å². The van der Waals surface area contributed by atoms with Gasteiger partial charge in [0.15, 0.2) is 0 Å². The van der Waals surface area contributed by atoms with E-state index in [0.717, 1.165) is 0 Å². The minimum Gasteiger partial charge on any atom is -0.378 e. The predicted octanol–water partition coefficient (Wildman–Crippen LogP) is 2.34. The third-order valence-electron chi connectivity index (χ3n) is 6.30. The normalized spacial score (nSPS) is 18.0. The van der Waals surface area contributed by atoms with E-state index >= 15 is 0 Å². The minimum absolute atomic E-state index is 0.0923. The first kappa shape index (κ1) is 22.9. The lowest BCUT2D eigenvalue weighted by molar-refractivity contribution is -0.139. The maximum atomic E-state index is 13.4. The van der Waals surface area contributed by atoms with Crippen LogP contribution in [0, 0.1) is 11.7 Å². The van der Waals surface area contributed by atoms with Crippen molar-refractivity contribution in [2.24, 2.45) is 5.92 Å². The number of hydrogen-bond acceptors (Lipinski definition) is 4. The second-order valence-electron chi connectivity index (χ2n) is 8.39. The first-order valence-corrected chi connectivity index (χ1v) is 11.3. The number of carbonyl (C=O) groups is 3. The van der Waals surface area contributed by atoms with Gasteiger partial charge in [-0.2, -0.15) is 0 Å². The van der Waals surface area contributed by atoms with Crippen LogP contribution in [0.5, 0.6) is 0 Å². The lowest BCUT2D eigenvalue weighted by Crippen LogP contribution is -2.56. The lowest BCUT2D eigenvalue weighted by Gasteiger charge is -2.38. The van der Waals surface area contributed by atoms with Crippen LogP contribution < -0.4 is 5.32 Å². The number of nitrogens with one attached hydrogen (secondary N) is 1. The number of likely N-dealkylation sites (tertiary alicyclic amines) is 1. The summed E-state index contributed by atoms with van der Waals surface area (Å²) in [6.07, 6.45) is 1.17. The molecule has 2 aromatic carbocycles. The maximum absolute atomic E-state index is 13.4. The highest BCUT2D eigenvalue weighted by Gasteiger charge is 2.36. The van der Waals surface area contributed by atoms with Crippen molar-refractivity contribution in [2.75, 3.05) is 39.4 Å². The molecule has 8 heteroatoms. The van der Waals surface area contributed by atoms with Crippen LogP contribution in [0.3, 0.4) is 0 Å². The van der Waals surface area contributed by atoms with Crippen LogP contribution in [0.15, 0.2) is 54.6 Å². The van der Waals surface area contributed by atoms with Gasteiger partial charge in [0.05, 0.1) is 13.2 Å². The molecule has 7 nitrogen and oxygen atoms in total. The van der Waals surface area contributed by atoms with Gasteiger partial charge in [0.2, 0.25) is 5.91 Å². The highest BCUT2D eigenvalue weighted by Crippen LogP contribution is 2.24. The number of rotatable bonds is 5. The van der Waals surface area contributed by atoms with Crippen molar-refractivity contribution >= 4 is 17.7 Å². The second kappa shape index (κ2) is 10.6. The number of halogens is 1. The fourth-order valence-corrected chi connectivity index (χ4v) is 4.39. The van der Waals surface area contributed by atoms with Gasteiger partial charge in [-0.15, -0.1) is 0 Å². The zero-order valence-electron chi connectivity index (χ0n) is 18.4. The van der Waals surface area contributed by atoms with Crippen LogP contribution in [0.2, 0.25) is 0 Å². The van der Waals surface area contributed by atoms with E-state index in [9.17, 15) is 18.8 Å². The van der Waals surface area contributed by atoms with Crippen molar-refractivity contribution in [3.8, 4) is 0 Å². The molecule has 2 aliphatic rings. The van der Waals surface area contributed by atoms with Crippen molar-refractivity contribution in [1.82, 2.24) is 15.1 Å². The van der Waals surface area contributed by atoms with Crippen LogP contribution in [0.1, 0.15) is 33.6 Å². The summed E-state index contributed by atoms with van der Waals surface area (Å²) in [5, 5.41) is 2.97. The first-order valence-electron chi connectivity index (χ1n) is 11.3. The van der Waals surface area contributed by atoms with Crippen LogP contribution >= 0.6 is 0 Å². The SMILES string of the molecule is O=C(N[C@H](C(=O)N1CCOCC1)C1CCN(C(=O)c2ccc(F)cc2)CC1)c1ccccc1. The molecule has 2 heterocycles. The largest absolute Gasteiger partial charge is 0.378 e. The van der Waals surface area contributed by atoms with Gasteiger partial charge in [-0.05, 0) is 55.2 Å². The quantitative estimate of drug-likeness (QED) is 0.754. The van der Waals surface area contributed by atoms with E-state index in [1.807, 2.05) is 6.07 Å². The number of nitrogens with zero attached hydrogens (tertiary/aromatic N) is 2. The van der Waals surface area contributed by atoms with Crippen LogP contribution in [0.4, 0.5) is 4.39 Å². The van der Waals surface area contributed by atoms with E-state index in [4.69, 9.17) is 4.74 Å². The molecule has 2 fully saturated rings. The van der Waals surface area contributed by atoms with E-state index in [2.05, 4.69) is 5.32 Å². The molecule has 2 saturated heterocycles. The molecule has 3 amide bonds. The number of amides is 3. The van der Waals surface area contributed by atoms with Gasteiger partial charge in [0.25, 0.3) is 11.8 Å². The van der Waals surface area contributed by atoms with Crippen LogP contribution in [0.25, 0.3) is 0 Å². The Kier molecular flexibility index (Phi) is 7.34. The van der Waals surface area contributed by atoms with Crippen molar-refractivity contribution < 1.29 is 23.5 Å². The van der Waals surface area contributed by atoms with Gasteiger partial charge in [0, 0.05) is 37.3 Å². The van der Waals surface area contributed by atoms with Crippen molar-refractivity contribution in [2.45, 2.75) is 18.9 Å². The Morgan fingerprint density at radius 1 is 0.848 bits per heavy atom. The van der Waals surface area contributed by atoms with Crippen molar-refractivity contribution in [1.29, 1.82) is 0 Å². The highest BCUT2D eigenvalue weighted by atomic mass is 19.1. The summed E-state index contributed by atoms with van der Waals surface area (Å²) in [5.41, 5.74) is 0.939. The molecule has 1 atom stereocenters. The molecular formula is C25H28FN3O4. The fourth-order valence-electron chi connectivity index (χ4n) is 4.39. The monoisotopic (exact) mass is 453 g/mol. The Morgan fingerprint density at radius 2 is 1.48 bits per heavy atom. The van der Waals surface area contributed by atoms with Gasteiger partial charge in [-0.1, -0.05) is 18.2 Å². The van der Waals surface area contributed by atoms with Gasteiger partial charge < -0.3 is 19.9 Å². The van der Waals surface area contributed by atoms with Gasteiger partial charge in [0.1, 0.15) is 11.9 Å². The Morgan fingerprint density at radius 3 is 2.12 bits per heavy atom. The molecule has 0 aromatic heterocycles. The Hall–Kier alpha value is -3.26. The number of piperidine rings is 1. The van der Waals surface area contributed by atoms with E-state index in [1.165, 1.54) is 24.3 Å². The summed E-state index contributed by atoms with van der Waals surface area (Å²) in [4.78, 5) is 42.5. The number of morpholine rings is 1. The second-order valence-corrected chi connectivity index (χ2v) is 8.39. The van der Waals surface area contributed by atoms with Gasteiger partial charge in [-0.25, -0.2) is 4.39 Å². The molecule has 0 aliphatic carbocycles. The van der Waals surface area contributed by atoms with Crippen LogP contribution in [-0.2, 0) is 9.53 Å². The molecular weight excluding hydrogens is 425 g/mol. The molecule has 2 aliphatic heterocycles. The van der Waals surface area contributed by atoms with Gasteiger partial charge >= 0.3 is 0 Å². The Labute approximate surface area is 192 Å². The summed E-state index contributed by atoms with van der Waals surface area (Å²) in [7, 11) is 0. The third kappa shape index (κ3) is 5.57. The summed E-state index contributed by atoms with van der Waals surface area (Å²) < 4.78 is 18.6. The average molecular weight is 454 g/mol. The number of ether oxygens (including phenoxy) is 1. The average Bonchev–Trinajstić information content (AvgIpc) is 2.88. The van der Waals surface area contributed by atoms with Crippen molar-refractivity contribution in [3.05, 3.63) is 71.5 Å². The number of carbonyl (C=O) groups excluding carboxylic acids is 3. The molecule has 4 rings (SSSR count). The lowest BCUT2D eigenvalue weighted by atomic mass is 9.87. The smallest absolute Gasteiger partial charge is 0.253 e. The van der Waals surface area contributed by atoms with E-state index in [1.54, 1.807) is 34.1 Å². The molecule has 1 N–H and O–H groups in total. The molecule has 0 radical (unpaired) electrons. The maximum Gasteiger partial charge on any atom is 0.253 e. The van der Waals surface area contributed by atoms with Crippen molar-refractivity contribution in [3.63, 3.8) is 0 Å². The van der Waals surface area contributed by atoms with Crippen LogP contribution in [-0.4, -0.2) is 73.0 Å². The molecule has 33 heavy (non-hydrogen) atoms. The fraction of sp³-hybridized carbons (Fsp3) is 0.400. The zero-order chi connectivity index (χ0) is 23.2. The molecule has 0 unspecified atom stereocenters. The molecule has 0 spiro atoms.